The minimum Gasteiger partial charge on any atom is -0.310 e. The molecular formula is C16H18N4O. The van der Waals surface area contributed by atoms with E-state index in [-0.39, 0.29) is 5.91 Å². The fraction of sp³-hybridized carbons (Fsp3) is 0.312. The second kappa shape index (κ2) is 6.23. The first kappa shape index (κ1) is 14.8. The number of benzene rings is 1. The Balaban J connectivity index is 2.30. The number of amides is 1. The summed E-state index contributed by atoms with van der Waals surface area (Å²) in [6.07, 6.45) is 0.799. The summed E-state index contributed by atoms with van der Waals surface area (Å²) in [5.74, 6) is -0.103. The normalized spacial score (nSPS) is 10.2. The summed E-state index contributed by atoms with van der Waals surface area (Å²) in [6, 6.07) is 10.8. The minimum absolute atomic E-state index is 0.103. The first-order chi connectivity index (χ1) is 10.1. The number of nitriles is 1. The van der Waals surface area contributed by atoms with Gasteiger partial charge in [-0.15, -0.1) is 0 Å². The van der Waals surface area contributed by atoms with Crippen LogP contribution < -0.4 is 4.90 Å². The average molecular weight is 282 g/mol. The number of aromatic nitrogens is 2. The Morgan fingerprint density at radius 1 is 1.33 bits per heavy atom. The van der Waals surface area contributed by atoms with E-state index in [1.807, 2.05) is 19.9 Å². The van der Waals surface area contributed by atoms with Gasteiger partial charge in [0.2, 0.25) is 0 Å². The molecule has 0 atom stereocenters. The Bertz CT molecular complexity index is 679. The van der Waals surface area contributed by atoms with Gasteiger partial charge in [-0.2, -0.15) is 10.4 Å². The van der Waals surface area contributed by atoms with Crippen molar-refractivity contribution in [2.24, 2.45) is 0 Å². The number of rotatable bonds is 4. The summed E-state index contributed by atoms with van der Waals surface area (Å²) in [6.45, 7) is 4.63. The molecule has 2 aromatic rings. The Morgan fingerprint density at radius 3 is 2.52 bits per heavy atom. The fourth-order valence-electron chi connectivity index (χ4n) is 2.10. The van der Waals surface area contributed by atoms with E-state index in [2.05, 4.69) is 11.2 Å². The molecule has 0 fully saturated rings. The minimum atomic E-state index is -0.103. The van der Waals surface area contributed by atoms with Gasteiger partial charge in [0.05, 0.1) is 17.3 Å². The van der Waals surface area contributed by atoms with Gasteiger partial charge >= 0.3 is 0 Å². The van der Waals surface area contributed by atoms with Gasteiger partial charge in [0.1, 0.15) is 5.69 Å². The Morgan fingerprint density at radius 2 is 2.00 bits per heavy atom. The lowest BCUT2D eigenvalue weighted by atomic mass is 10.2. The number of carbonyl (C=O) groups excluding carboxylic acids is 1. The zero-order chi connectivity index (χ0) is 15.4. The molecule has 0 spiro atoms. The van der Waals surface area contributed by atoms with Gasteiger partial charge in [-0.3, -0.25) is 9.48 Å². The maximum atomic E-state index is 12.6. The average Bonchev–Trinajstić information content (AvgIpc) is 2.97. The fourth-order valence-corrected chi connectivity index (χ4v) is 2.10. The van der Waals surface area contributed by atoms with Crippen LogP contribution >= 0.6 is 0 Å². The molecule has 0 saturated heterocycles. The molecule has 0 radical (unpaired) electrons. The summed E-state index contributed by atoms with van der Waals surface area (Å²) in [5, 5.41) is 13.2. The molecule has 5 heteroatoms. The highest BCUT2D eigenvalue weighted by atomic mass is 16.2. The number of hydrogen-bond acceptors (Lipinski definition) is 3. The van der Waals surface area contributed by atoms with E-state index in [9.17, 15) is 4.79 Å². The Hall–Kier alpha value is -2.61. The first-order valence-electron chi connectivity index (χ1n) is 6.95. The van der Waals surface area contributed by atoms with Crippen LogP contribution in [0.5, 0.6) is 0 Å². The predicted molar refractivity (Wildman–Crippen MR) is 81.2 cm³/mol. The summed E-state index contributed by atoms with van der Waals surface area (Å²) in [5.41, 5.74) is 2.82. The molecule has 0 bridgehead atoms. The van der Waals surface area contributed by atoms with Crippen LogP contribution in [0.4, 0.5) is 5.69 Å². The van der Waals surface area contributed by atoms with Crippen molar-refractivity contribution in [3.63, 3.8) is 0 Å². The second-order valence-electron chi connectivity index (χ2n) is 4.71. The highest BCUT2D eigenvalue weighted by molar-refractivity contribution is 6.04. The van der Waals surface area contributed by atoms with Crippen molar-refractivity contribution in [3.05, 3.63) is 47.3 Å². The number of carbonyl (C=O) groups is 1. The van der Waals surface area contributed by atoms with Crippen LogP contribution in [0.3, 0.4) is 0 Å². The van der Waals surface area contributed by atoms with Gasteiger partial charge in [-0.05, 0) is 43.7 Å². The van der Waals surface area contributed by atoms with Crippen molar-refractivity contribution in [1.29, 1.82) is 5.26 Å². The topological polar surface area (TPSA) is 61.9 Å². The van der Waals surface area contributed by atoms with E-state index in [1.54, 1.807) is 40.9 Å². The van der Waals surface area contributed by atoms with Crippen LogP contribution in [-0.4, -0.2) is 22.7 Å². The highest BCUT2D eigenvalue weighted by Crippen LogP contribution is 2.17. The SMILES string of the molecule is CCc1cc(C(=O)N(C)c2ccc(C#N)cc2)n(CC)n1. The maximum absolute atomic E-state index is 12.6. The third kappa shape index (κ3) is 2.95. The van der Waals surface area contributed by atoms with E-state index in [4.69, 9.17) is 5.26 Å². The number of aryl methyl sites for hydroxylation is 2. The molecule has 1 amide bonds. The second-order valence-corrected chi connectivity index (χ2v) is 4.71. The van der Waals surface area contributed by atoms with Crippen LogP contribution in [0.2, 0.25) is 0 Å². The molecule has 5 nitrogen and oxygen atoms in total. The van der Waals surface area contributed by atoms with Crippen LogP contribution in [0.15, 0.2) is 30.3 Å². The van der Waals surface area contributed by atoms with Crippen molar-refractivity contribution in [2.75, 3.05) is 11.9 Å². The van der Waals surface area contributed by atoms with Crippen molar-refractivity contribution in [2.45, 2.75) is 26.8 Å². The lowest BCUT2D eigenvalue weighted by Crippen LogP contribution is -2.28. The lowest BCUT2D eigenvalue weighted by molar-refractivity contribution is 0.0983. The molecule has 108 valence electrons. The largest absolute Gasteiger partial charge is 0.310 e. The van der Waals surface area contributed by atoms with Crippen molar-refractivity contribution in [1.82, 2.24) is 9.78 Å². The zero-order valence-electron chi connectivity index (χ0n) is 12.5. The maximum Gasteiger partial charge on any atom is 0.276 e. The van der Waals surface area contributed by atoms with E-state index in [0.29, 0.717) is 17.8 Å². The van der Waals surface area contributed by atoms with E-state index in [1.165, 1.54) is 0 Å². The molecule has 0 unspecified atom stereocenters. The van der Waals surface area contributed by atoms with Crippen LogP contribution in [-0.2, 0) is 13.0 Å². The van der Waals surface area contributed by atoms with Crippen LogP contribution in [0, 0.1) is 11.3 Å². The first-order valence-corrected chi connectivity index (χ1v) is 6.95. The van der Waals surface area contributed by atoms with E-state index in [0.717, 1.165) is 17.8 Å². The van der Waals surface area contributed by atoms with Crippen LogP contribution in [0.1, 0.15) is 35.6 Å². The van der Waals surface area contributed by atoms with Crippen molar-refractivity contribution >= 4 is 11.6 Å². The van der Waals surface area contributed by atoms with Gasteiger partial charge in [-0.1, -0.05) is 6.92 Å². The molecule has 2 rings (SSSR count). The molecule has 0 aliphatic rings. The lowest BCUT2D eigenvalue weighted by Gasteiger charge is -2.17. The predicted octanol–water partition coefficient (Wildman–Crippen LogP) is 2.61. The Labute approximate surface area is 124 Å². The van der Waals surface area contributed by atoms with E-state index < -0.39 is 0 Å². The number of hydrogen-bond donors (Lipinski definition) is 0. The number of anilines is 1. The molecule has 1 aromatic carbocycles. The highest BCUT2D eigenvalue weighted by Gasteiger charge is 2.19. The monoisotopic (exact) mass is 282 g/mol. The van der Waals surface area contributed by atoms with Crippen LogP contribution in [0.25, 0.3) is 0 Å². The molecule has 1 heterocycles. The zero-order valence-corrected chi connectivity index (χ0v) is 12.5. The van der Waals surface area contributed by atoms with Gasteiger partial charge in [0.25, 0.3) is 5.91 Å². The van der Waals surface area contributed by atoms with Gasteiger partial charge in [-0.25, -0.2) is 0 Å². The standard InChI is InChI=1S/C16H18N4O/c1-4-13-10-15(20(5-2)18-13)16(21)19(3)14-8-6-12(11-17)7-9-14/h6-10H,4-5H2,1-3H3. The molecule has 0 aliphatic heterocycles. The molecule has 0 saturated carbocycles. The summed E-state index contributed by atoms with van der Waals surface area (Å²) in [4.78, 5) is 14.2. The molecule has 0 N–H and O–H groups in total. The third-order valence-electron chi connectivity index (χ3n) is 3.40. The molecule has 0 aliphatic carbocycles. The quantitative estimate of drug-likeness (QED) is 0.866. The van der Waals surface area contributed by atoms with Crippen molar-refractivity contribution < 1.29 is 4.79 Å². The van der Waals surface area contributed by atoms with Gasteiger partial charge < -0.3 is 4.90 Å². The molecule has 1 aromatic heterocycles. The molecule has 21 heavy (non-hydrogen) atoms. The Kier molecular flexibility index (Phi) is 4.39. The summed E-state index contributed by atoms with van der Waals surface area (Å²) < 4.78 is 1.72. The third-order valence-corrected chi connectivity index (χ3v) is 3.40. The molecular weight excluding hydrogens is 264 g/mol. The smallest absolute Gasteiger partial charge is 0.276 e. The summed E-state index contributed by atoms with van der Waals surface area (Å²) in [7, 11) is 1.72. The van der Waals surface area contributed by atoms with Gasteiger partial charge in [0, 0.05) is 19.3 Å². The summed E-state index contributed by atoms with van der Waals surface area (Å²) >= 11 is 0. The van der Waals surface area contributed by atoms with Crippen molar-refractivity contribution in [3.8, 4) is 6.07 Å². The number of nitrogens with zero attached hydrogens (tertiary/aromatic N) is 4. The van der Waals surface area contributed by atoms with E-state index >= 15 is 0 Å². The van der Waals surface area contributed by atoms with Gasteiger partial charge in [0.15, 0.2) is 0 Å².